The third-order valence-corrected chi connectivity index (χ3v) is 6.57. The highest BCUT2D eigenvalue weighted by atomic mass is 19.4. The molecule has 0 saturated carbocycles. The molecule has 1 aromatic heterocycles. The number of alkyl halides is 3. The van der Waals surface area contributed by atoms with E-state index in [1.165, 1.54) is 28.5 Å². The zero-order valence-electron chi connectivity index (χ0n) is 20.1. The topological polar surface area (TPSA) is 26.2 Å². The first-order valence-electron chi connectivity index (χ1n) is 12.0. The van der Waals surface area contributed by atoms with Crippen LogP contribution in [0.1, 0.15) is 31.0 Å². The summed E-state index contributed by atoms with van der Waals surface area (Å²) in [6.45, 7) is 5.62. The van der Waals surface area contributed by atoms with E-state index in [4.69, 9.17) is 0 Å². The van der Waals surface area contributed by atoms with Gasteiger partial charge < -0.3 is 14.6 Å². The van der Waals surface area contributed by atoms with Gasteiger partial charge in [0.25, 0.3) is 0 Å². The fourth-order valence-corrected chi connectivity index (χ4v) is 4.82. The molecule has 36 heavy (non-hydrogen) atoms. The molecule has 5 rings (SSSR count). The van der Waals surface area contributed by atoms with Crippen molar-refractivity contribution in [3.05, 3.63) is 102 Å². The lowest BCUT2D eigenvalue weighted by molar-refractivity contribution is -0.274. The fraction of sp³-hybridized carbons (Fsp3) is 0.200. The van der Waals surface area contributed by atoms with Crippen LogP contribution in [0.2, 0.25) is 0 Å². The van der Waals surface area contributed by atoms with Crippen LogP contribution in [0.25, 0.3) is 32.8 Å². The van der Waals surface area contributed by atoms with Gasteiger partial charge in [0.1, 0.15) is 5.75 Å². The lowest BCUT2D eigenvalue weighted by Gasteiger charge is -2.17. The van der Waals surface area contributed by atoms with Gasteiger partial charge in [-0.25, -0.2) is 0 Å². The van der Waals surface area contributed by atoms with Crippen LogP contribution < -0.4 is 10.1 Å². The smallest absolute Gasteiger partial charge is 0.406 e. The minimum absolute atomic E-state index is 0.141. The summed E-state index contributed by atoms with van der Waals surface area (Å²) < 4.78 is 44.6. The van der Waals surface area contributed by atoms with Gasteiger partial charge in [-0.15, -0.1) is 13.2 Å². The van der Waals surface area contributed by atoms with Crippen LogP contribution in [0.4, 0.5) is 13.2 Å². The average molecular weight is 489 g/mol. The number of nitrogens with zero attached hydrogens (tertiary/aromatic N) is 1. The second-order valence-electron chi connectivity index (χ2n) is 8.93. The number of halogens is 3. The maximum Gasteiger partial charge on any atom is 0.573 e. The molecule has 0 aliphatic rings. The summed E-state index contributed by atoms with van der Waals surface area (Å²) in [7, 11) is 0. The van der Waals surface area contributed by atoms with Crippen LogP contribution in [0.5, 0.6) is 5.75 Å². The summed E-state index contributed by atoms with van der Waals surface area (Å²) in [4.78, 5) is 0. The van der Waals surface area contributed by atoms with Crippen molar-refractivity contribution in [2.45, 2.75) is 39.3 Å². The lowest BCUT2D eigenvalue weighted by Crippen LogP contribution is -2.18. The van der Waals surface area contributed by atoms with Crippen LogP contribution in [-0.2, 0) is 13.1 Å². The Labute approximate surface area is 208 Å². The number of aromatic nitrogens is 1. The molecular weight excluding hydrogens is 461 g/mol. The molecule has 0 bridgehead atoms. The number of hydrogen-bond donors (Lipinski definition) is 1. The molecule has 0 amide bonds. The van der Waals surface area contributed by atoms with E-state index in [1.54, 1.807) is 6.07 Å². The first kappa shape index (κ1) is 23.9. The van der Waals surface area contributed by atoms with E-state index in [0.29, 0.717) is 12.1 Å². The molecule has 1 N–H and O–H groups in total. The van der Waals surface area contributed by atoms with Gasteiger partial charge in [0, 0.05) is 41.8 Å². The van der Waals surface area contributed by atoms with Crippen LogP contribution in [-0.4, -0.2) is 10.9 Å². The molecule has 3 nitrogen and oxygen atoms in total. The summed E-state index contributed by atoms with van der Waals surface area (Å²) in [5.74, 6) is -0.223. The number of hydrogen-bond acceptors (Lipinski definition) is 2. The van der Waals surface area contributed by atoms with Gasteiger partial charge in [-0.05, 0) is 65.6 Å². The van der Waals surface area contributed by atoms with Crippen molar-refractivity contribution in [2.24, 2.45) is 0 Å². The number of benzene rings is 4. The van der Waals surface area contributed by atoms with E-state index in [9.17, 15) is 13.2 Å². The predicted octanol–water partition coefficient (Wildman–Crippen LogP) is 8.23. The van der Waals surface area contributed by atoms with Crippen LogP contribution >= 0.6 is 0 Å². The van der Waals surface area contributed by atoms with Crippen molar-refractivity contribution in [3.8, 4) is 16.9 Å². The summed E-state index contributed by atoms with van der Waals surface area (Å²) in [5, 5.41) is 7.08. The lowest BCUT2D eigenvalue weighted by atomic mass is 9.99. The molecule has 6 heteroatoms. The first-order chi connectivity index (χ1) is 17.3. The Balaban J connectivity index is 1.44. The highest BCUT2D eigenvalue weighted by Gasteiger charge is 2.31. The van der Waals surface area contributed by atoms with Gasteiger partial charge in [0.05, 0.1) is 0 Å². The molecule has 5 aromatic rings. The quantitative estimate of drug-likeness (QED) is 0.250. The number of rotatable bonds is 7. The molecule has 0 spiro atoms. The molecule has 4 aromatic carbocycles. The zero-order valence-corrected chi connectivity index (χ0v) is 20.1. The van der Waals surface area contributed by atoms with Crippen molar-refractivity contribution in [3.63, 3.8) is 0 Å². The van der Waals surface area contributed by atoms with Crippen molar-refractivity contribution in [2.75, 3.05) is 0 Å². The van der Waals surface area contributed by atoms with Gasteiger partial charge in [-0.2, -0.15) is 0 Å². The zero-order chi connectivity index (χ0) is 25.3. The maximum atomic E-state index is 12.8. The molecule has 1 atom stereocenters. The Morgan fingerprint density at radius 1 is 0.889 bits per heavy atom. The van der Waals surface area contributed by atoms with Crippen LogP contribution in [0.15, 0.2) is 91.1 Å². The Morgan fingerprint density at radius 2 is 1.67 bits per heavy atom. The predicted molar refractivity (Wildman–Crippen MR) is 139 cm³/mol. The minimum Gasteiger partial charge on any atom is -0.406 e. The minimum atomic E-state index is -4.73. The van der Waals surface area contributed by atoms with Crippen molar-refractivity contribution in [1.82, 2.24) is 9.88 Å². The maximum absolute atomic E-state index is 12.8. The normalized spacial score (nSPS) is 12.8. The van der Waals surface area contributed by atoms with Crippen LogP contribution in [0, 0.1) is 0 Å². The second kappa shape index (κ2) is 9.70. The monoisotopic (exact) mass is 488 g/mol. The van der Waals surface area contributed by atoms with Crippen LogP contribution in [0.3, 0.4) is 0 Å². The third-order valence-electron chi connectivity index (χ3n) is 6.57. The molecular formula is C30H27F3N2O. The number of ether oxygens (including phenoxy) is 1. The average Bonchev–Trinajstić information content (AvgIpc) is 3.24. The standard InChI is InChI=1S/C30H27F3N2O/c1-3-35-19-28(23-10-6-11-24(17-23)36-30(31,32)33)27-16-21(14-15-29(27)35)18-34-20(2)25-13-7-9-22-8-4-5-12-26(22)25/h4-17,19-20,34H,3,18H2,1-2H3/t20-/m1/s1. The van der Waals surface area contributed by atoms with Gasteiger partial charge in [-0.1, -0.05) is 60.7 Å². The highest BCUT2D eigenvalue weighted by molar-refractivity contribution is 5.96. The summed E-state index contributed by atoms with van der Waals surface area (Å²) in [5.41, 5.74) is 4.95. The van der Waals surface area contributed by atoms with E-state index < -0.39 is 6.36 Å². The van der Waals surface area contributed by atoms with Crippen molar-refractivity contribution in [1.29, 1.82) is 0 Å². The Hall–Kier alpha value is -3.77. The Morgan fingerprint density at radius 3 is 2.47 bits per heavy atom. The van der Waals surface area contributed by atoms with E-state index in [-0.39, 0.29) is 11.8 Å². The molecule has 0 unspecified atom stereocenters. The highest BCUT2D eigenvalue weighted by Crippen LogP contribution is 2.34. The molecule has 1 heterocycles. The first-order valence-corrected chi connectivity index (χ1v) is 12.0. The molecule has 0 saturated heterocycles. The fourth-order valence-electron chi connectivity index (χ4n) is 4.82. The third kappa shape index (κ3) is 4.95. The van der Waals surface area contributed by atoms with Gasteiger partial charge in [-0.3, -0.25) is 0 Å². The SMILES string of the molecule is CCn1cc(-c2cccc(OC(F)(F)F)c2)c2cc(CN[C@H](C)c3cccc4ccccc34)ccc21. The largest absolute Gasteiger partial charge is 0.573 e. The van der Waals surface area contributed by atoms with Crippen molar-refractivity contribution < 1.29 is 17.9 Å². The summed E-state index contributed by atoms with van der Waals surface area (Å²) in [6, 6.07) is 27.3. The number of nitrogens with one attached hydrogen (secondary N) is 1. The van der Waals surface area contributed by atoms with E-state index in [1.807, 2.05) is 25.3 Å². The molecule has 184 valence electrons. The summed E-state index contributed by atoms with van der Waals surface area (Å²) >= 11 is 0. The number of aryl methyl sites for hydroxylation is 1. The van der Waals surface area contributed by atoms with E-state index >= 15 is 0 Å². The summed E-state index contributed by atoms with van der Waals surface area (Å²) in [6.07, 6.45) is -2.73. The van der Waals surface area contributed by atoms with E-state index in [0.717, 1.165) is 28.6 Å². The Bertz CT molecular complexity index is 1520. The second-order valence-corrected chi connectivity index (χ2v) is 8.93. The number of fused-ring (bicyclic) bond motifs is 2. The van der Waals surface area contributed by atoms with Gasteiger partial charge in [0.15, 0.2) is 0 Å². The van der Waals surface area contributed by atoms with Crippen molar-refractivity contribution >= 4 is 21.7 Å². The van der Waals surface area contributed by atoms with E-state index in [2.05, 4.69) is 76.1 Å². The van der Waals surface area contributed by atoms with Gasteiger partial charge in [0.2, 0.25) is 0 Å². The van der Waals surface area contributed by atoms with Gasteiger partial charge >= 0.3 is 6.36 Å². The molecule has 0 aliphatic carbocycles. The molecule has 0 fully saturated rings. The molecule has 0 aliphatic heterocycles. The Kier molecular flexibility index (Phi) is 6.46. The molecule has 0 radical (unpaired) electrons.